The van der Waals surface area contributed by atoms with Crippen LogP contribution >= 0.6 is 8.03 Å². The standard InChI is InChI=1S/C7H8O3P.Cr.H2O.2O/c8-7(11(9)10)6-4-2-1-3-5-6;;;;/h1-5,7,11H,(H,9,10);;1H2;;/q-1;+2;;;/p-1. The van der Waals surface area contributed by atoms with Crippen LogP contribution in [0, 0.1) is 0 Å². The van der Waals surface area contributed by atoms with Gasteiger partial charge in [-0.2, -0.15) is 0 Å². The molecule has 0 saturated heterocycles. The van der Waals surface area contributed by atoms with Gasteiger partial charge < -0.3 is 0 Å². The van der Waals surface area contributed by atoms with Crippen molar-refractivity contribution in [2.45, 2.75) is 5.85 Å². The van der Waals surface area contributed by atoms with Crippen molar-refractivity contribution in [3.8, 4) is 0 Å². The van der Waals surface area contributed by atoms with Gasteiger partial charge in [-0.25, -0.2) is 0 Å². The number of rotatable bonds is 4. The Morgan fingerprint density at radius 3 is 2.20 bits per heavy atom. The van der Waals surface area contributed by atoms with Crippen LogP contribution in [0.25, 0.3) is 0 Å². The molecule has 0 aliphatic rings. The second-order valence-electron chi connectivity index (χ2n) is 2.65. The van der Waals surface area contributed by atoms with E-state index in [1.54, 1.807) is 18.2 Å². The summed E-state index contributed by atoms with van der Waals surface area (Å²) in [6.45, 7) is 0. The first-order valence-corrected chi connectivity index (χ1v) is 7.40. The molecule has 0 aromatic heterocycles. The van der Waals surface area contributed by atoms with Gasteiger partial charge in [-0.1, -0.05) is 0 Å². The summed E-state index contributed by atoms with van der Waals surface area (Å²) in [4.78, 5) is 8.89. The Hall–Kier alpha value is -0.538. The van der Waals surface area contributed by atoms with Crippen molar-refractivity contribution in [3.05, 3.63) is 35.9 Å². The Kier molecular flexibility index (Phi) is 4.17. The van der Waals surface area contributed by atoms with Crippen molar-refractivity contribution in [1.29, 1.82) is 0 Å². The van der Waals surface area contributed by atoms with Crippen LogP contribution in [0.3, 0.4) is 0 Å². The zero-order chi connectivity index (χ0) is 11.5. The van der Waals surface area contributed by atoms with E-state index in [9.17, 15) is 12.2 Å². The van der Waals surface area contributed by atoms with Gasteiger partial charge in [-0.05, 0) is 0 Å². The van der Waals surface area contributed by atoms with Crippen LogP contribution in [0.2, 0.25) is 0 Å². The normalized spacial score (nSPS) is 15.9. The van der Waals surface area contributed by atoms with Gasteiger partial charge >= 0.3 is 88.4 Å². The number of benzene rings is 1. The Morgan fingerprint density at radius 1 is 1.27 bits per heavy atom. The van der Waals surface area contributed by atoms with E-state index in [2.05, 4.69) is 3.79 Å². The summed E-state index contributed by atoms with van der Waals surface area (Å²) in [5, 5.41) is 0. The third-order valence-electron chi connectivity index (χ3n) is 1.54. The molecule has 1 rings (SSSR count). The molecule has 8 heteroatoms. The first-order chi connectivity index (χ1) is 6.90. The average molecular weight is 272 g/mol. The van der Waals surface area contributed by atoms with E-state index in [0.29, 0.717) is 0 Å². The molecule has 0 bridgehead atoms. The first kappa shape index (κ1) is 12.5. The minimum atomic E-state index is -5.47. The molecule has 1 aromatic rings. The summed E-state index contributed by atoms with van der Waals surface area (Å²) in [6.07, 6.45) is 0. The van der Waals surface area contributed by atoms with Gasteiger partial charge in [0.15, 0.2) is 0 Å². The molecule has 1 aromatic carbocycles. The molecule has 6 nitrogen and oxygen atoms in total. The molecule has 2 unspecified atom stereocenters. The van der Waals surface area contributed by atoms with Crippen molar-refractivity contribution in [2.75, 3.05) is 0 Å². The van der Waals surface area contributed by atoms with E-state index in [1.165, 1.54) is 12.1 Å². The molecule has 0 radical (unpaired) electrons. The monoisotopic (exact) mass is 272 g/mol. The Labute approximate surface area is 88.8 Å². The second-order valence-corrected chi connectivity index (χ2v) is 5.49. The molecule has 0 heterocycles. The molecule has 0 aliphatic heterocycles. The summed E-state index contributed by atoms with van der Waals surface area (Å²) < 4.78 is 44.5. The van der Waals surface area contributed by atoms with E-state index in [4.69, 9.17) is 9.05 Å². The van der Waals surface area contributed by atoms with Crippen LogP contribution in [0.5, 0.6) is 0 Å². The predicted molar refractivity (Wildman–Crippen MR) is 45.1 cm³/mol. The molecular formula is C7H9CrO6P. The van der Waals surface area contributed by atoms with Crippen LogP contribution in [0.4, 0.5) is 0 Å². The van der Waals surface area contributed by atoms with Gasteiger partial charge in [0.2, 0.25) is 0 Å². The fourth-order valence-electron chi connectivity index (χ4n) is 0.989. The summed E-state index contributed by atoms with van der Waals surface area (Å²) in [5.41, 5.74) is 0.228. The molecule has 0 amide bonds. The van der Waals surface area contributed by atoms with Gasteiger partial charge in [-0.15, -0.1) is 0 Å². The molecular weight excluding hydrogens is 263 g/mol. The topological polar surface area (TPSA) is 101 Å². The molecule has 0 fully saturated rings. The molecule has 0 spiro atoms. The van der Waals surface area contributed by atoms with Crippen LogP contribution in [0.1, 0.15) is 11.4 Å². The average Bonchev–Trinajstić information content (AvgIpc) is 2.14. The molecule has 15 heavy (non-hydrogen) atoms. The molecule has 0 aliphatic carbocycles. The second kappa shape index (κ2) is 4.99. The van der Waals surface area contributed by atoms with Gasteiger partial charge in [0, 0.05) is 0 Å². The third-order valence-corrected chi connectivity index (χ3v) is 3.40. The fourth-order valence-corrected chi connectivity index (χ4v) is 2.99. The maximum atomic E-state index is 10.9. The maximum absolute atomic E-state index is 10.9. The molecule has 2 N–H and O–H groups in total. The Balaban J connectivity index is 3.00. The predicted octanol–water partition coefficient (Wildman–Crippen LogP) is 0.836. The molecule has 0 saturated carbocycles. The summed E-state index contributed by atoms with van der Waals surface area (Å²) in [6, 6.07) is 7.66. The SMILES string of the molecule is O=[PH](O)C([O][Cr](=[O])(=[O])[OH])c1ccccc1. The van der Waals surface area contributed by atoms with E-state index in [1.807, 2.05) is 0 Å². The quantitative estimate of drug-likeness (QED) is 0.787. The minimum absolute atomic E-state index is 0.228. The summed E-state index contributed by atoms with van der Waals surface area (Å²) in [7, 11) is -3.25. The zero-order valence-corrected chi connectivity index (χ0v) is 9.67. The Morgan fingerprint density at radius 2 is 1.80 bits per heavy atom. The summed E-state index contributed by atoms with van der Waals surface area (Å²) >= 11 is -5.47. The van der Waals surface area contributed by atoms with Crippen molar-refractivity contribution < 1.29 is 38.6 Å². The van der Waals surface area contributed by atoms with Gasteiger partial charge in [0.25, 0.3) is 0 Å². The van der Waals surface area contributed by atoms with E-state index in [-0.39, 0.29) is 5.56 Å². The molecule has 84 valence electrons. The van der Waals surface area contributed by atoms with E-state index in [0.717, 1.165) is 0 Å². The third kappa shape index (κ3) is 4.22. The van der Waals surface area contributed by atoms with Crippen molar-refractivity contribution in [1.82, 2.24) is 0 Å². The van der Waals surface area contributed by atoms with Crippen LogP contribution in [-0.2, 0) is 29.6 Å². The van der Waals surface area contributed by atoms with Crippen LogP contribution < -0.4 is 0 Å². The van der Waals surface area contributed by atoms with Crippen LogP contribution in [-0.4, -0.2) is 9.05 Å². The van der Waals surface area contributed by atoms with Gasteiger partial charge in [-0.3, -0.25) is 0 Å². The first-order valence-electron chi connectivity index (χ1n) is 3.83. The summed E-state index contributed by atoms with van der Waals surface area (Å²) in [5.74, 6) is -1.52. The number of hydrogen-bond donors (Lipinski definition) is 2. The fraction of sp³-hybridized carbons (Fsp3) is 0.143. The van der Waals surface area contributed by atoms with Gasteiger partial charge in [0.1, 0.15) is 0 Å². The Bertz CT molecular complexity index is 442. The van der Waals surface area contributed by atoms with Crippen molar-refractivity contribution >= 4 is 8.03 Å². The van der Waals surface area contributed by atoms with Crippen molar-refractivity contribution in [3.63, 3.8) is 0 Å². The number of hydrogen-bond acceptors (Lipinski definition) is 4. The van der Waals surface area contributed by atoms with E-state index >= 15 is 0 Å². The van der Waals surface area contributed by atoms with Crippen LogP contribution in [0.15, 0.2) is 30.3 Å². The van der Waals surface area contributed by atoms with Gasteiger partial charge in [0.05, 0.1) is 0 Å². The zero-order valence-electron chi connectivity index (χ0n) is 7.40. The van der Waals surface area contributed by atoms with E-state index < -0.39 is 27.5 Å². The van der Waals surface area contributed by atoms with Crippen molar-refractivity contribution in [2.24, 2.45) is 0 Å². The molecule has 2 atom stereocenters.